The van der Waals surface area contributed by atoms with Crippen LogP contribution in [0, 0.1) is 0 Å². The maximum absolute atomic E-state index is 11.8. The number of benzene rings is 1. The molecule has 1 aliphatic heterocycles. The van der Waals surface area contributed by atoms with Gasteiger partial charge in [0.25, 0.3) is 0 Å². The Balaban J connectivity index is 2.80. The molecule has 78 valence electrons. The minimum Gasteiger partial charge on any atom is -0.507 e. The number of ketones is 1. The number of sulfone groups is 1. The number of aromatic hydroxyl groups is 1. The molecule has 1 N–H and O–H groups in total. The van der Waals surface area contributed by atoms with E-state index in [0.29, 0.717) is 5.56 Å². The molecule has 15 heavy (non-hydrogen) atoms. The van der Waals surface area contributed by atoms with Gasteiger partial charge in [-0.2, -0.15) is 0 Å². The summed E-state index contributed by atoms with van der Waals surface area (Å²) in [6.07, 6.45) is 1.28. The molecular weight excluding hydrogens is 216 g/mol. The normalized spacial score (nSPS) is 17.0. The third-order valence-corrected chi connectivity index (χ3v) is 4.18. The molecule has 1 aromatic rings. The highest BCUT2D eigenvalue weighted by Gasteiger charge is 2.34. The SMILES string of the molecule is CC(=O)C1=Cc2cccc(O)c2S1(=O)=O. The standard InChI is InChI=1S/C10H8O4S/c1-6(11)9-5-7-3-2-4-8(12)10(7)15(9,13)14/h2-5,12H,1H3. The largest absolute Gasteiger partial charge is 0.507 e. The Kier molecular flexibility index (Phi) is 1.94. The Labute approximate surface area is 86.8 Å². The van der Waals surface area contributed by atoms with Crippen LogP contribution in [0.4, 0.5) is 0 Å². The van der Waals surface area contributed by atoms with Crippen LogP contribution in [0.2, 0.25) is 0 Å². The zero-order valence-electron chi connectivity index (χ0n) is 7.89. The molecule has 5 heteroatoms. The number of rotatable bonds is 1. The van der Waals surface area contributed by atoms with Gasteiger partial charge in [-0.1, -0.05) is 12.1 Å². The molecule has 0 spiro atoms. The van der Waals surface area contributed by atoms with Gasteiger partial charge in [-0.15, -0.1) is 0 Å². The van der Waals surface area contributed by atoms with E-state index in [4.69, 9.17) is 0 Å². The van der Waals surface area contributed by atoms with Gasteiger partial charge in [0.05, 0.1) is 0 Å². The summed E-state index contributed by atoms with van der Waals surface area (Å²) < 4.78 is 23.6. The zero-order valence-corrected chi connectivity index (χ0v) is 8.71. The number of carbonyl (C=O) groups excluding carboxylic acids is 1. The molecule has 0 fully saturated rings. The van der Waals surface area contributed by atoms with Crippen LogP contribution in [0.1, 0.15) is 12.5 Å². The second kappa shape index (κ2) is 2.93. The van der Waals surface area contributed by atoms with Crippen molar-refractivity contribution in [2.24, 2.45) is 0 Å². The molecule has 0 radical (unpaired) electrons. The van der Waals surface area contributed by atoms with Crippen LogP contribution in [0.15, 0.2) is 28.0 Å². The Bertz CT molecular complexity index is 581. The van der Waals surface area contributed by atoms with E-state index >= 15 is 0 Å². The Morgan fingerprint density at radius 3 is 2.53 bits per heavy atom. The minimum absolute atomic E-state index is 0.171. The third kappa shape index (κ3) is 1.27. The van der Waals surface area contributed by atoms with E-state index in [2.05, 4.69) is 0 Å². The van der Waals surface area contributed by atoms with Gasteiger partial charge in [0.15, 0.2) is 5.78 Å². The minimum atomic E-state index is -3.81. The van der Waals surface area contributed by atoms with Crippen molar-refractivity contribution in [3.05, 3.63) is 28.7 Å². The van der Waals surface area contributed by atoms with Crippen molar-refractivity contribution in [3.63, 3.8) is 0 Å². The summed E-state index contributed by atoms with van der Waals surface area (Å²) in [5.41, 5.74) is 0.361. The highest BCUT2D eigenvalue weighted by atomic mass is 32.2. The second-order valence-electron chi connectivity index (χ2n) is 3.26. The molecule has 0 aromatic heterocycles. The first-order chi connectivity index (χ1) is 6.94. The summed E-state index contributed by atoms with van der Waals surface area (Å²) in [5, 5.41) is 9.44. The van der Waals surface area contributed by atoms with Crippen LogP contribution in [0.5, 0.6) is 5.75 Å². The first-order valence-corrected chi connectivity index (χ1v) is 5.72. The van der Waals surface area contributed by atoms with Gasteiger partial charge in [0, 0.05) is 0 Å². The lowest BCUT2D eigenvalue weighted by Gasteiger charge is -2.02. The van der Waals surface area contributed by atoms with Gasteiger partial charge in [-0.25, -0.2) is 8.42 Å². The van der Waals surface area contributed by atoms with Crippen LogP contribution < -0.4 is 0 Å². The summed E-state index contributed by atoms with van der Waals surface area (Å²) in [7, 11) is -3.81. The van der Waals surface area contributed by atoms with E-state index < -0.39 is 15.6 Å². The lowest BCUT2D eigenvalue weighted by Crippen LogP contribution is -2.07. The van der Waals surface area contributed by atoms with Crippen LogP contribution in [-0.4, -0.2) is 19.3 Å². The van der Waals surface area contributed by atoms with Crippen molar-refractivity contribution in [1.82, 2.24) is 0 Å². The second-order valence-corrected chi connectivity index (χ2v) is 5.12. The Morgan fingerprint density at radius 1 is 1.33 bits per heavy atom. The number of phenolic OH excluding ortho intramolecular Hbond substituents is 1. The van der Waals surface area contributed by atoms with E-state index in [1.165, 1.54) is 25.1 Å². The van der Waals surface area contributed by atoms with Crippen molar-refractivity contribution in [2.45, 2.75) is 11.8 Å². The number of carbonyl (C=O) groups is 1. The van der Waals surface area contributed by atoms with Crippen LogP contribution in [-0.2, 0) is 14.6 Å². The molecule has 0 amide bonds. The van der Waals surface area contributed by atoms with Gasteiger partial charge < -0.3 is 5.11 Å². The summed E-state index contributed by atoms with van der Waals surface area (Å²) >= 11 is 0. The summed E-state index contributed by atoms with van der Waals surface area (Å²) in [6.45, 7) is 1.19. The molecule has 1 heterocycles. The lowest BCUT2D eigenvalue weighted by atomic mass is 10.2. The highest BCUT2D eigenvalue weighted by Crippen LogP contribution is 2.38. The van der Waals surface area contributed by atoms with E-state index in [9.17, 15) is 18.3 Å². The van der Waals surface area contributed by atoms with Crippen LogP contribution in [0.3, 0.4) is 0 Å². The van der Waals surface area contributed by atoms with E-state index in [1.807, 2.05) is 0 Å². The fourth-order valence-electron chi connectivity index (χ4n) is 1.57. The number of Topliss-reactive ketones (excluding diaryl/α,β-unsaturated/α-hetero) is 1. The average Bonchev–Trinajstić information content (AvgIpc) is 2.39. The molecule has 2 rings (SSSR count). The predicted molar refractivity (Wildman–Crippen MR) is 54.0 cm³/mol. The van der Waals surface area contributed by atoms with Crippen LogP contribution in [0.25, 0.3) is 6.08 Å². The van der Waals surface area contributed by atoms with Gasteiger partial charge >= 0.3 is 0 Å². The molecule has 4 nitrogen and oxygen atoms in total. The van der Waals surface area contributed by atoms with Crippen LogP contribution >= 0.6 is 0 Å². The average molecular weight is 224 g/mol. The fourth-order valence-corrected chi connectivity index (χ4v) is 3.23. The van der Waals surface area contributed by atoms with Gasteiger partial charge in [0.1, 0.15) is 15.6 Å². The van der Waals surface area contributed by atoms with Crippen molar-refractivity contribution in [3.8, 4) is 5.75 Å². The van der Waals surface area contributed by atoms with Crippen molar-refractivity contribution in [1.29, 1.82) is 0 Å². The number of hydrogen-bond donors (Lipinski definition) is 1. The summed E-state index contributed by atoms with van der Waals surface area (Å²) in [5.74, 6) is -0.842. The smallest absolute Gasteiger partial charge is 0.214 e. The van der Waals surface area contributed by atoms with Crippen molar-refractivity contribution in [2.75, 3.05) is 0 Å². The number of hydrogen-bond acceptors (Lipinski definition) is 4. The first-order valence-electron chi connectivity index (χ1n) is 4.24. The predicted octanol–water partition coefficient (Wildman–Crippen LogP) is 1.11. The molecule has 1 aromatic carbocycles. The van der Waals surface area contributed by atoms with E-state index in [1.54, 1.807) is 6.07 Å². The quantitative estimate of drug-likeness (QED) is 0.775. The number of allylic oxidation sites excluding steroid dienone is 1. The maximum atomic E-state index is 11.8. The van der Waals surface area contributed by atoms with Gasteiger partial charge in [0.2, 0.25) is 9.84 Å². The summed E-state index contributed by atoms with van der Waals surface area (Å²) in [6, 6.07) is 4.36. The molecular formula is C10H8O4S. The molecule has 0 saturated heterocycles. The molecule has 0 saturated carbocycles. The molecule has 0 atom stereocenters. The zero-order chi connectivity index (χ0) is 11.2. The monoisotopic (exact) mass is 224 g/mol. The van der Waals surface area contributed by atoms with Gasteiger partial charge in [-0.3, -0.25) is 4.79 Å². The summed E-state index contributed by atoms with van der Waals surface area (Å²) in [4.78, 5) is 10.7. The topological polar surface area (TPSA) is 71.4 Å². The van der Waals surface area contributed by atoms with E-state index in [-0.39, 0.29) is 15.6 Å². The molecule has 1 aliphatic rings. The van der Waals surface area contributed by atoms with Gasteiger partial charge in [-0.05, 0) is 24.6 Å². The number of fused-ring (bicyclic) bond motifs is 1. The fraction of sp³-hybridized carbons (Fsp3) is 0.100. The maximum Gasteiger partial charge on any atom is 0.214 e. The molecule has 0 bridgehead atoms. The molecule has 0 aliphatic carbocycles. The lowest BCUT2D eigenvalue weighted by molar-refractivity contribution is -0.112. The van der Waals surface area contributed by atoms with Crippen molar-refractivity contribution >= 4 is 21.7 Å². The number of phenols is 1. The highest BCUT2D eigenvalue weighted by molar-refractivity contribution is 7.97. The Morgan fingerprint density at radius 2 is 2.00 bits per heavy atom. The first kappa shape index (κ1) is 9.92. The third-order valence-electron chi connectivity index (χ3n) is 2.22. The van der Waals surface area contributed by atoms with Crippen molar-refractivity contribution < 1.29 is 18.3 Å². The van der Waals surface area contributed by atoms with E-state index in [0.717, 1.165) is 0 Å². The molecule has 0 unspecified atom stereocenters. The Hall–Kier alpha value is -1.62.